The summed E-state index contributed by atoms with van der Waals surface area (Å²) in [7, 11) is 0. The molecule has 0 saturated carbocycles. The fourth-order valence-electron chi connectivity index (χ4n) is 1.29. The summed E-state index contributed by atoms with van der Waals surface area (Å²) < 4.78 is 0. The minimum Gasteiger partial charge on any atom is -0.302 e. The summed E-state index contributed by atoms with van der Waals surface area (Å²) in [6.07, 6.45) is 3.63. The van der Waals surface area contributed by atoms with Gasteiger partial charge in [-0.1, -0.05) is 18.7 Å². The molecule has 0 aliphatic heterocycles. The second kappa shape index (κ2) is 8.04. The highest BCUT2D eigenvalue weighted by atomic mass is 32.2. The Bertz CT molecular complexity index is 375. The molecule has 0 aromatic carbocycles. The molecular formula is C12H18N4S. The van der Waals surface area contributed by atoms with Crippen molar-refractivity contribution in [2.75, 3.05) is 12.3 Å². The Morgan fingerprint density at radius 1 is 1.59 bits per heavy atom. The maximum absolute atomic E-state index is 8.94. The highest BCUT2D eigenvalue weighted by molar-refractivity contribution is 7.99. The van der Waals surface area contributed by atoms with E-state index in [-0.39, 0.29) is 6.04 Å². The normalized spacial score (nSPS) is 12.1. The van der Waals surface area contributed by atoms with E-state index in [9.17, 15) is 0 Å². The zero-order valence-electron chi connectivity index (χ0n) is 10.3. The van der Waals surface area contributed by atoms with Crippen LogP contribution in [0.15, 0.2) is 17.4 Å². The lowest BCUT2D eigenvalue weighted by atomic mass is 10.2. The van der Waals surface area contributed by atoms with Gasteiger partial charge in [0.05, 0.1) is 12.1 Å². The van der Waals surface area contributed by atoms with Crippen molar-refractivity contribution in [3.8, 4) is 6.07 Å². The van der Waals surface area contributed by atoms with E-state index >= 15 is 0 Å². The molecule has 1 heterocycles. The van der Waals surface area contributed by atoms with Gasteiger partial charge >= 0.3 is 0 Å². The molecule has 17 heavy (non-hydrogen) atoms. The molecule has 5 heteroatoms. The molecule has 92 valence electrons. The fourth-order valence-corrected chi connectivity index (χ4v) is 2.17. The molecule has 0 bridgehead atoms. The number of aryl methyl sites for hydroxylation is 1. The van der Waals surface area contributed by atoms with Gasteiger partial charge in [-0.3, -0.25) is 0 Å². The highest BCUT2D eigenvalue weighted by Gasteiger charge is 2.06. The van der Waals surface area contributed by atoms with Gasteiger partial charge in [-0.2, -0.15) is 5.26 Å². The summed E-state index contributed by atoms with van der Waals surface area (Å²) in [5.74, 6) is 0.860. The van der Waals surface area contributed by atoms with Crippen LogP contribution in [0.4, 0.5) is 0 Å². The lowest BCUT2D eigenvalue weighted by Crippen LogP contribution is -2.28. The monoisotopic (exact) mass is 250 g/mol. The van der Waals surface area contributed by atoms with Crippen molar-refractivity contribution >= 4 is 11.8 Å². The molecular weight excluding hydrogens is 232 g/mol. The smallest absolute Gasteiger partial charge is 0.187 e. The first-order chi connectivity index (χ1) is 8.26. The first kappa shape index (κ1) is 13.9. The Morgan fingerprint density at radius 3 is 3.06 bits per heavy atom. The van der Waals surface area contributed by atoms with Crippen LogP contribution in [0.1, 0.15) is 25.5 Å². The molecule has 0 aliphatic rings. The van der Waals surface area contributed by atoms with Crippen LogP contribution in [0.3, 0.4) is 0 Å². The average molecular weight is 250 g/mol. The Balaban J connectivity index is 2.29. The van der Waals surface area contributed by atoms with Gasteiger partial charge in [0.1, 0.15) is 0 Å². The Kier molecular flexibility index (Phi) is 6.60. The number of nitrogens with zero attached hydrogens (tertiary/aromatic N) is 3. The highest BCUT2D eigenvalue weighted by Crippen LogP contribution is 2.14. The predicted molar refractivity (Wildman–Crippen MR) is 69.8 cm³/mol. The van der Waals surface area contributed by atoms with E-state index in [0.717, 1.165) is 36.0 Å². The molecule has 1 atom stereocenters. The van der Waals surface area contributed by atoms with Crippen molar-refractivity contribution < 1.29 is 0 Å². The zero-order chi connectivity index (χ0) is 12.5. The summed E-state index contributed by atoms with van der Waals surface area (Å²) >= 11 is 1.60. The zero-order valence-corrected chi connectivity index (χ0v) is 11.1. The number of hydrogen-bond acceptors (Lipinski definition) is 5. The van der Waals surface area contributed by atoms with Crippen LogP contribution in [0.25, 0.3) is 0 Å². The van der Waals surface area contributed by atoms with E-state index in [1.54, 1.807) is 18.0 Å². The Hall–Kier alpha value is -1.12. The third-order valence-electron chi connectivity index (χ3n) is 2.21. The molecule has 1 aromatic rings. The minimum atomic E-state index is -0.0627. The summed E-state index contributed by atoms with van der Waals surface area (Å²) in [5, 5.41) is 12.9. The molecule has 0 aliphatic carbocycles. The average Bonchev–Trinajstić information content (AvgIpc) is 2.33. The summed E-state index contributed by atoms with van der Waals surface area (Å²) in [5.41, 5.74) is 0.975. The van der Waals surface area contributed by atoms with Gasteiger partial charge in [-0.25, -0.2) is 9.97 Å². The van der Waals surface area contributed by atoms with E-state index in [0.29, 0.717) is 0 Å². The van der Waals surface area contributed by atoms with Crippen LogP contribution in [-0.4, -0.2) is 28.3 Å². The van der Waals surface area contributed by atoms with Crippen LogP contribution < -0.4 is 5.32 Å². The van der Waals surface area contributed by atoms with E-state index in [1.807, 2.05) is 13.0 Å². The molecule has 0 spiro atoms. The third-order valence-corrected chi connectivity index (χ3v) is 3.10. The van der Waals surface area contributed by atoms with Crippen molar-refractivity contribution in [3.05, 3.63) is 18.0 Å². The fraction of sp³-hybridized carbons (Fsp3) is 0.583. The van der Waals surface area contributed by atoms with E-state index < -0.39 is 0 Å². The van der Waals surface area contributed by atoms with Crippen LogP contribution in [0.2, 0.25) is 0 Å². The molecule has 1 aromatic heterocycles. The van der Waals surface area contributed by atoms with E-state index in [4.69, 9.17) is 5.26 Å². The molecule has 1 N–H and O–H groups in total. The van der Waals surface area contributed by atoms with Gasteiger partial charge < -0.3 is 5.32 Å². The number of thioether (sulfide) groups is 1. The molecule has 0 saturated heterocycles. The summed E-state index contributed by atoms with van der Waals surface area (Å²) in [6, 6.07) is 4.09. The predicted octanol–water partition coefficient (Wildman–Crippen LogP) is 2.16. The molecule has 1 rings (SSSR count). The number of nitriles is 1. The van der Waals surface area contributed by atoms with Gasteiger partial charge in [-0.15, -0.1) is 0 Å². The Labute approximate surface area is 107 Å². The molecule has 0 amide bonds. The van der Waals surface area contributed by atoms with Crippen LogP contribution >= 0.6 is 11.8 Å². The quantitative estimate of drug-likeness (QED) is 0.593. The first-order valence-corrected chi connectivity index (χ1v) is 6.80. The van der Waals surface area contributed by atoms with Gasteiger partial charge in [0.2, 0.25) is 0 Å². The SMILES string of the molecule is CCCNC(C#N)CCSc1nccc(C)n1. The summed E-state index contributed by atoms with van der Waals surface area (Å²) in [4.78, 5) is 8.48. The lowest BCUT2D eigenvalue weighted by molar-refractivity contribution is 0.585. The van der Waals surface area contributed by atoms with Crippen molar-refractivity contribution in [1.29, 1.82) is 5.26 Å². The van der Waals surface area contributed by atoms with Crippen LogP contribution in [0, 0.1) is 18.3 Å². The van der Waals surface area contributed by atoms with Crippen LogP contribution in [0.5, 0.6) is 0 Å². The lowest BCUT2D eigenvalue weighted by Gasteiger charge is -2.09. The number of hydrogen-bond donors (Lipinski definition) is 1. The number of aromatic nitrogens is 2. The van der Waals surface area contributed by atoms with Crippen molar-refractivity contribution in [2.45, 2.75) is 37.9 Å². The maximum Gasteiger partial charge on any atom is 0.187 e. The van der Waals surface area contributed by atoms with Gasteiger partial charge in [0.25, 0.3) is 0 Å². The van der Waals surface area contributed by atoms with Crippen molar-refractivity contribution in [3.63, 3.8) is 0 Å². The first-order valence-electron chi connectivity index (χ1n) is 5.81. The van der Waals surface area contributed by atoms with Gasteiger partial charge in [0, 0.05) is 17.6 Å². The van der Waals surface area contributed by atoms with Gasteiger partial charge in [-0.05, 0) is 32.4 Å². The number of nitrogens with one attached hydrogen (secondary N) is 1. The largest absolute Gasteiger partial charge is 0.302 e. The molecule has 0 fully saturated rings. The van der Waals surface area contributed by atoms with E-state index in [1.165, 1.54) is 0 Å². The van der Waals surface area contributed by atoms with Crippen molar-refractivity contribution in [2.24, 2.45) is 0 Å². The Morgan fingerprint density at radius 2 is 2.41 bits per heavy atom. The second-order valence-electron chi connectivity index (χ2n) is 3.75. The van der Waals surface area contributed by atoms with Crippen molar-refractivity contribution in [1.82, 2.24) is 15.3 Å². The second-order valence-corrected chi connectivity index (χ2v) is 4.82. The van der Waals surface area contributed by atoms with Gasteiger partial charge in [0.15, 0.2) is 5.16 Å². The third kappa shape index (κ3) is 5.66. The molecule has 4 nitrogen and oxygen atoms in total. The summed E-state index contributed by atoms with van der Waals surface area (Å²) in [6.45, 7) is 4.94. The van der Waals surface area contributed by atoms with E-state index in [2.05, 4.69) is 28.3 Å². The number of rotatable bonds is 7. The maximum atomic E-state index is 8.94. The molecule has 1 unspecified atom stereocenters. The van der Waals surface area contributed by atoms with Crippen LogP contribution in [-0.2, 0) is 0 Å². The standard InChI is InChI=1S/C12H18N4S/c1-3-6-14-11(9-13)5-8-17-12-15-7-4-10(2)16-12/h4,7,11,14H,3,5-6,8H2,1-2H3. The molecule has 0 radical (unpaired) electrons. The minimum absolute atomic E-state index is 0.0627. The topological polar surface area (TPSA) is 61.6 Å².